The van der Waals surface area contributed by atoms with Crippen molar-refractivity contribution in [1.82, 2.24) is 4.98 Å². The van der Waals surface area contributed by atoms with Crippen LogP contribution in [0.1, 0.15) is 6.42 Å². The van der Waals surface area contributed by atoms with Gasteiger partial charge in [-0.25, -0.2) is 0 Å². The Bertz CT molecular complexity index is 296. The third-order valence-corrected chi connectivity index (χ3v) is 1.94. The number of amides is 1. The number of nitrogens with one attached hydrogen (secondary N) is 1. The summed E-state index contributed by atoms with van der Waals surface area (Å²) in [5, 5.41) is 2.74. The molecule has 0 aromatic carbocycles. The van der Waals surface area contributed by atoms with Crippen molar-refractivity contribution < 1.29 is 9.53 Å². The van der Waals surface area contributed by atoms with Gasteiger partial charge in [-0.1, -0.05) is 0 Å². The molecule has 4 heteroatoms. The lowest BCUT2D eigenvalue weighted by atomic mass is 10.2. The molecule has 1 unspecified atom stereocenters. The molecule has 2 heterocycles. The Morgan fingerprint density at radius 2 is 2.23 bits per heavy atom. The number of nitrogens with zero attached hydrogens (tertiary/aromatic N) is 1. The molecule has 13 heavy (non-hydrogen) atoms. The summed E-state index contributed by atoms with van der Waals surface area (Å²) in [6, 6.07) is 3.49. The third kappa shape index (κ3) is 1.84. The van der Waals surface area contributed by atoms with Gasteiger partial charge in [0.2, 0.25) is 0 Å². The maximum Gasteiger partial charge on any atom is 0.253 e. The van der Waals surface area contributed by atoms with E-state index in [1.807, 2.05) is 0 Å². The van der Waals surface area contributed by atoms with Crippen LogP contribution in [0.2, 0.25) is 0 Å². The zero-order valence-corrected chi connectivity index (χ0v) is 7.06. The zero-order valence-electron chi connectivity index (χ0n) is 7.06. The molecule has 4 nitrogen and oxygen atoms in total. The monoisotopic (exact) mass is 178 g/mol. The average Bonchev–Trinajstić information content (AvgIpc) is 2.02. The number of anilines is 1. The molecule has 1 amide bonds. The fraction of sp³-hybridized carbons (Fsp3) is 0.333. The van der Waals surface area contributed by atoms with Gasteiger partial charge < -0.3 is 10.1 Å². The largest absolute Gasteiger partial charge is 0.368 e. The molecule has 0 aliphatic carbocycles. The summed E-state index contributed by atoms with van der Waals surface area (Å²) in [6.07, 6.45) is 3.83. The number of rotatable bonds is 2. The van der Waals surface area contributed by atoms with Crippen LogP contribution >= 0.6 is 0 Å². The van der Waals surface area contributed by atoms with Crippen molar-refractivity contribution >= 4 is 11.6 Å². The summed E-state index contributed by atoms with van der Waals surface area (Å²) in [4.78, 5) is 15.2. The molecule has 1 saturated heterocycles. The van der Waals surface area contributed by atoms with E-state index >= 15 is 0 Å². The lowest BCUT2D eigenvalue weighted by Crippen LogP contribution is -2.38. The van der Waals surface area contributed by atoms with Gasteiger partial charge in [-0.15, -0.1) is 0 Å². The highest BCUT2D eigenvalue weighted by atomic mass is 16.5. The third-order valence-electron chi connectivity index (χ3n) is 1.94. The van der Waals surface area contributed by atoms with Crippen molar-refractivity contribution in [2.45, 2.75) is 12.5 Å². The second kappa shape index (κ2) is 3.53. The van der Waals surface area contributed by atoms with Gasteiger partial charge in [0.25, 0.3) is 5.91 Å². The Morgan fingerprint density at radius 1 is 1.54 bits per heavy atom. The summed E-state index contributed by atoms with van der Waals surface area (Å²) < 4.78 is 5.04. The number of pyridine rings is 1. The molecule has 0 spiro atoms. The molecular formula is C9H10N2O2. The van der Waals surface area contributed by atoms with Gasteiger partial charge in [-0.05, 0) is 12.1 Å². The minimum absolute atomic E-state index is 0.0718. The highest BCUT2D eigenvalue weighted by Gasteiger charge is 2.25. The molecule has 1 aliphatic heterocycles. The van der Waals surface area contributed by atoms with Crippen LogP contribution in [0.5, 0.6) is 0 Å². The van der Waals surface area contributed by atoms with Crippen LogP contribution in [-0.2, 0) is 9.53 Å². The molecule has 1 atom stereocenters. The number of aromatic nitrogens is 1. The molecule has 0 bridgehead atoms. The van der Waals surface area contributed by atoms with E-state index < -0.39 is 0 Å². The smallest absolute Gasteiger partial charge is 0.253 e. The average molecular weight is 178 g/mol. The van der Waals surface area contributed by atoms with Crippen molar-refractivity contribution in [2.75, 3.05) is 11.9 Å². The van der Waals surface area contributed by atoms with Crippen LogP contribution in [0.15, 0.2) is 24.5 Å². The Hall–Kier alpha value is -1.42. The van der Waals surface area contributed by atoms with Crippen LogP contribution in [0.3, 0.4) is 0 Å². The quantitative estimate of drug-likeness (QED) is 0.729. The van der Waals surface area contributed by atoms with E-state index in [-0.39, 0.29) is 12.0 Å². The molecule has 1 aromatic rings. The molecule has 0 saturated carbocycles. The van der Waals surface area contributed by atoms with Crippen molar-refractivity contribution in [2.24, 2.45) is 0 Å². The molecule has 68 valence electrons. The topological polar surface area (TPSA) is 51.2 Å². The summed E-state index contributed by atoms with van der Waals surface area (Å²) in [7, 11) is 0. The van der Waals surface area contributed by atoms with Crippen LogP contribution in [0, 0.1) is 0 Å². The van der Waals surface area contributed by atoms with Crippen molar-refractivity contribution in [3.63, 3.8) is 0 Å². The standard InChI is InChI=1S/C9H10N2O2/c12-9(8-3-6-13-8)11-7-1-4-10-5-2-7/h1-2,4-5,8H,3,6H2,(H,10,11,12). The summed E-state index contributed by atoms with van der Waals surface area (Å²) in [6.45, 7) is 0.689. The Kier molecular flexibility index (Phi) is 2.23. The highest BCUT2D eigenvalue weighted by Crippen LogP contribution is 2.13. The molecule has 1 aromatic heterocycles. The number of carbonyl (C=O) groups is 1. The number of hydrogen-bond donors (Lipinski definition) is 1. The van der Waals surface area contributed by atoms with Gasteiger partial charge in [0.05, 0.1) is 6.61 Å². The molecule has 0 radical (unpaired) electrons. The van der Waals surface area contributed by atoms with Crippen LogP contribution in [-0.4, -0.2) is 23.6 Å². The second-order valence-electron chi connectivity index (χ2n) is 2.87. The van der Waals surface area contributed by atoms with Crippen LogP contribution in [0.25, 0.3) is 0 Å². The van der Waals surface area contributed by atoms with Gasteiger partial charge >= 0.3 is 0 Å². The van der Waals surface area contributed by atoms with Crippen molar-refractivity contribution in [3.05, 3.63) is 24.5 Å². The van der Waals surface area contributed by atoms with Crippen molar-refractivity contribution in [1.29, 1.82) is 0 Å². The first-order valence-corrected chi connectivity index (χ1v) is 4.19. The maximum absolute atomic E-state index is 11.3. The fourth-order valence-electron chi connectivity index (χ4n) is 1.10. The first-order chi connectivity index (χ1) is 6.36. The maximum atomic E-state index is 11.3. The molecule has 2 rings (SSSR count). The first-order valence-electron chi connectivity index (χ1n) is 4.19. The fourth-order valence-corrected chi connectivity index (χ4v) is 1.10. The Balaban J connectivity index is 1.94. The minimum Gasteiger partial charge on any atom is -0.368 e. The predicted octanol–water partition coefficient (Wildman–Crippen LogP) is 0.809. The summed E-state index contributed by atoms with van der Waals surface area (Å²) in [5.41, 5.74) is 0.760. The number of hydrogen-bond acceptors (Lipinski definition) is 3. The van der Waals surface area contributed by atoms with E-state index in [1.54, 1.807) is 24.5 Å². The number of ether oxygens (including phenoxy) is 1. The van der Waals surface area contributed by atoms with E-state index in [9.17, 15) is 4.79 Å². The molecule has 1 aliphatic rings. The lowest BCUT2D eigenvalue weighted by Gasteiger charge is -2.24. The lowest BCUT2D eigenvalue weighted by molar-refractivity contribution is -0.139. The van der Waals surface area contributed by atoms with Gasteiger partial charge in [0.15, 0.2) is 0 Å². The van der Waals surface area contributed by atoms with E-state index in [4.69, 9.17) is 4.74 Å². The van der Waals surface area contributed by atoms with Crippen LogP contribution in [0.4, 0.5) is 5.69 Å². The second-order valence-corrected chi connectivity index (χ2v) is 2.87. The van der Waals surface area contributed by atoms with E-state index in [2.05, 4.69) is 10.3 Å². The van der Waals surface area contributed by atoms with Gasteiger partial charge in [0.1, 0.15) is 6.10 Å². The summed E-state index contributed by atoms with van der Waals surface area (Å²) in [5.74, 6) is -0.0718. The summed E-state index contributed by atoms with van der Waals surface area (Å²) >= 11 is 0. The van der Waals surface area contributed by atoms with Gasteiger partial charge in [0, 0.05) is 24.5 Å². The first kappa shape index (κ1) is 8.19. The van der Waals surface area contributed by atoms with Crippen LogP contribution < -0.4 is 5.32 Å². The SMILES string of the molecule is O=C(Nc1ccncc1)C1CCO1. The molecule has 1 fully saturated rings. The van der Waals surface area contributed by atoms with Crippen molar-refractivity contribution in [3.8, 4) is 0 Å². The van der Waals surface area contributed by atoms with E-state index in [0.29, 0.717) is 6.61 Å². The Morgan fingerprint density at radius 3 is 2.77 bits per heavy atom. The van der Waals surface area contributed by atoms with Gasteiger partial charge in [-0.2, -0.15) is 0 Å². The number of carbonyl (C=O) groups excluding carboxylic acids is 1. The van der Waals surface area contributed by atoms with E-state index in [0.717, 1.165) is 12.1 Å². The molecular weight excluding hydrogens is 168 g/mol. The van der Waals surface area contributed by atoms with Gasteiger partial charge in [-0.3, -0.25) is 9.78 Å². The Labute approximate surface area is 75.9 Å². The highest BCUT2D eigenvalue weighted by molar-refractivity contribution is 5.94. The van der Waals surface area contributed by atoms with E-state index in [1.165, 1.54) is 0 Å². The minimum atomic E-state index is -0.256. The normalized spacial score (nSPS) is 20.5. The predicted molar refractivity (Wildman–Crippen MR) is 47.2 cm³/mol. The zero-order chi connectivity index (χ0) is 9.10. The molecule has 1 N–H and O–H groups in total.